The maximum absolute atomic E-state index is 11.6. The minimum absolute atomic E-state index is 0.110. The third-order valence-corrected chi connectivity index (χ3v) is 2.84. The molecule has 0 aromatic heterocycles. The van der Waals surface area contributed by atoms with Gasteiger partial charge in [-0.25, -0.2) is 5.43 Å². The van der Waals surface area contributed by atoms with Crippen LogP contribution in [0.1, 0.15) is 5.56 Å². The van der Waals surface area contributed by atoms with Gasteiger partial charge in [0.25, 0.3) is 5.91 Å². The van der Waals surface area contributed by atoms with Crippen LogP contribution in [0.25, 0.3) is 0 Å². The van der Waals surface area contributed by atoms with E-state index in [1.54, 1.807) is 31.4 Å². The molecule has 0 aliphatic rings. The van der Waals surface area contributed by atoms with Gasteiger partial charge in [0.15, 0.2) is 0 Å². The second-order valence-electron chi connectivity index (χ2n) is 4.47. The molecule has 0 fully saturated rings. The zero-order valence-corrected chi connectivity index (χ0v) is 12.1. The molecule has 0 spiro atoms. The molecule has 0 heterocycles. The Kier molecular flexibility index (Phi) is 5.37. The van der Waals surface area contributed by atoms with E-state index in [2.05, 4.69) is 15.8 Å². The third kappa shape index (κ3) is 4.82. The van der Waals surface area contributed by atoms with Gasteiger partial charge in [-0.15, -0.1) is 0 Å². The first kappa shape index (κ1) is 15.4. The summed E-state index contributed by atoms with van der Waals surface area (Å²) in [6.45, 7) is 0.110. The lowest BCUT2D eigenvalue weighted by atomic mass is 10.2. The number of hydrazone groups is 1. The van der Waals surface area contributed by atoms with Crippen molar-refractivity contribution in [3.63, 3.8) is 0 Å². The second-order valence-corrected chi connectivity index (χ2v) is 4.47. The van der Waals surface area contributed by atoms with E-state index in [1.807, 2.05) is 24.3 Å². The number of anilines is 1. The van der Waals surface area contributed by atoms with Gasteiger partial charge in [0.05, 0.1) is 19.9 Å². The van der Waals surface area contributed by atoms with Crippen LogP contribution in [0.15, 0.2) is 53.6 Å². The van der Waals surface area contributed by atoms with Crippen molar-refractivity contribution < 1.29 is 14.6 Å². The van der Waals surface area contributed by atoms with E-state index in [0.717, 1.165) is 17.0 Å². The molecule has 0 radical (unpaired) electrons. The Balaban J connectivity index is 1.76. The molecule has 1 amide bonds. The summed E-state index contributed by atoms with van der Waals surface area (Å²) in [6, 6.07) is 13.8. The molecule has 6 heteroatoms. The molecule has 0 saturated heterocycles. The quantitative estimate of drug-likeness (QED) is 0.562. The number of hydrogen-bond acceptors (Lipinski definition) is 5. The largest absolute Gasteiger partial charge is 0.508 e. The lowest BCUT2D eigenvalue weighted by Crippen LogP contribution is -2.25. The van der Waals surface area contributed by atoms with Crippen molar-refractivity contribution >= 4 is 17.8 Å². The molecule has 22 heavy (non-hydrogen) atoms. The number of carbonyl (C=O) groups excluding carboxylic acids is 1. The highest BCUT2D eigenvalue weighted by atomic mass is 16.5. The topological polar surface area (TPSA) is 83.0 Å². The Bertz CT molecular complexity index is 637. The predicted molar refractivity (Wildman–Crippen MR) is 85.3 cm³/mol. The molecule has 2 rings (SSSR count). The Labute approximate surface area is 128 Å². The number of nitrogens with one attached hydrogen (secondary N) is 2. The summed E-state index contributed by atoms with van der Waals surface area (Å²) in [5, 5.41) is 16.0. The maximum atomic E-state index is 11.6. The fourth-order valence-electron chi connectivity index (χ4n) is 1.67. The van der Waals surface area contributed by atoms with Crippen molar-refractivity contribution in [2.75, 3.05) is 19.0 Å². The Morgan fingerprint density at radius 2 is 1.86 bits per heavy atom. The van der Waals surface area contributed by atoms with Gasteiger partial charge < -0.3 is 15.2 Å². The van der Waals surface area contributed by atoms with E-state index in [4.69, 9.17) is 9.84 Å². The molecule has 3 N–H and O–H groups in total. The molecular formula is C16H17N3O3. The smallest absolute Gasteiger partial charge is 0.259 e. The number of aromatic hydroxyl groups is 1. The summed E-state index contributed by atoms with van der Waals surface area (Å²) in [5.74, 6) is 0.684. The van der Waals surface area contributed by atoms with Crippen molar-refractivity contribution in [1.82, 2.24) is 5.43 Å². The highest BCUT2D eigenvalue weighted by Gasteiger charge is 1.99. The summed E-state index contributed by atoms with van der Waals surface area (Å²) in [7, 11) is 1.60. The number of ether oxygens (including phenoxy) is 1. The molecule has 6 nitrogen and oxygen atoms in total. The molecule has 0 aliphatic heterocycles. The second kappa shape index (κ2) is 7.68. The van der Waals surface area contributed by atoms with Crippen LogP contribution in [0.4, 0.5) is 5.69 Å². The highest BCUT2D eigenvalue weighted by molar-refractivity contribution is 5.84. The first-order valence-corrected chi connectivity index (χ1v) is 6.66. The van der Waals surface area contributed by atoms with Crippen LogP contribution in [0, 0.1) is 0 Å². The van der Waals surface area contributed by atoms with E-state index in [1.165, 1.54) is 6.21 Å². The van der Waals surface area contributed by atoms with Crippen molar-refractivity contribution in [3.05, 3.63) is 54.1 Å². The summed E-state index contributed by atoms with van der Waals surface area (Å²) in [6.07, 6.45) is 1.50. The van der Waals surface area contributed by atoms with E-state index in [9.17, 15) is 4.79 Å². The van der Waals surface area contributed by atoms with Gasteiger partial charge in [0.1, 0.15) is 11.5 Å². The number of benzene rings is 2. The standard InChI is InChI=1S/C16H17N3O3/c1-22-15-8-4-13(5-9-15)17-11-16(21)19-18-10-12-2-6-14(20)7-3-12/h2-10,17,20H,11H2,1H3,(H,19,21)/b18-10-. The van der Waals surface area contributed by atoms with Crippen LogP contribution in [0.2, 0.25) is 0 Å². The lowest BCUT2D eigenvalue weighted by molar-refractivity contribution is -0.119. The lowest BCUT2D eigenvalue weighted by Gasteiger charge is -2.06. The minimum Gasteiger partial charge on any atom is -0.508 e. The molecule has 2 aromatic carbocycles. The molecule has 114 valence electrons. The molecular weight excluding hydrogens is 282 g/mol. The van der Waals surface area contributed by atoms with Gasteiger partial charge in [-0.2, -0.15) is 5.10 Å². The Hall–Kier alpha value is -3.02. The van der Waals surface area contributed by atoms with E-state index in [0.29, 0.717) is 0 Å². The third-order valence-electron chi connectivity index (χ3n) is 2.84. The number of phenols is 1. The van der Waals surface area contributed by atoms with Gasteiger partial charge in [-0.3, -0.25) is 4.79 Å². The number of hydrogen-bond donors (Lipinski definition) is 3. The van der Waals surface area contributed by atoms with Crippen LogP contribution in [-0.2, 0) is 4.79 Å². The van der Waals surface area contributed by atoms with E-state index >= 15 is 0 Å². The Morgan fingerprint density at radius 3 is 2.50 bits per heavy atom. The Morgan fingerprint density at radius 1 is 1.18 bits per heavy atom. The number of carbonyl (C=O) groups is 1. The van der Waals surface area contributed by atoms with Crippen molar-refractivity contribution in [2.45, 2.75) is 0 Å². The fourth-order valence-corrected chi connectivity index (χ4v) is 1.67. The van der Waals surface area contributed by atoms with Gasteiger partial charge in [-0.1, -0.05) is 0 Å². The van der Waals surface area contributed by atoms with Crippen LogP contribution in [-0.4, -0.2) is 30.9 Å². The molecule has 0 bridgehead atoms. The SMILES string of the molecule is COc1ccc(NCC(=O)N/N=C\c2ccc(O)cc2)cc1. The van der Waals surface area contributed by atoms with E-state index < -0.39 is 0 Å². The number of amides is 1. The monoisotopic (exact) mass is 299 g/mol. The summed E-state index contributed by atoms with van der Waals surface area (Å²) >= 11 is 0. The molecule has 0 atom stereocenters. The highest BCUT2D eigenvalue weighted by Crippen LogP contribution is 2.14. The molecule has 0 aliphatic carbocycles. The maximum Gasteiger partial charge on any atom is 0.259 e. The summed E-state index contributed by atoms with van der Waals surface area (Å²) in [5.41, 5.74) is 4.02. The first-order valence-electron chi connectivity index (χ1n) is 6.66. The summed E-state index contributed by atoms with van der Waals surface area (Å²) < 4.78 is 5.06. The number of nitrogens with zero attached hydrogens (tertiary/aromatic N) is 1. The molecule has 2 aromatic rings. The van der Waals surface area contributed by atoms with Gasteiger partial charge >= 0.3 is 0 Å². The predicted octanol–water partition coefficient (Wildman–Crippen LogP) is 1.96. The number of methoxy groups -OCH3 is 1. The van der Waals surface area contributed by atoms with Crippen LogP contribution in [0.3, 0.4) is 0 Å². The first-order chi connectivity index (χ1) is 10.7. The molecule has 0 unspecified atom stereocenters. The van der Waals surface area contributed by atoms with Gasteiger partial charge in [-0.05, 0) is 54.1 Å². The van der Waals surface area contributed by atoms with Crippen LogP contribution in [0.5, 0.6) is 11.5 Å². The zero-order valence-electron chi connectivity index (χ0n) is 12.1. The van der Waals surface area contributed by atoms with Crippen LogP contribution < -0.4 is 15.5 Å². The average molecular weight is 299 g/mol. The van der Waals surface area contributed by atoms with Crippen LogP contribution >= 0.6 is 0 Å². The number of rotatable bonds is 6. The van der Waals surface area contributed by atoms with Gasteiger partial charge in [0, 0.05) is 5.69 Å². The number of phenolic OH excluding ortho intramolecular Hbond substituents is 1. The summed E-state index contributed by atoms with van der Waals surface area (Å²) in [4.78, 5) is 11.6. The van der Waals surface area contributed by atoms with Crippen molar-refractivity contribution in [3.8, 4) is 11.5 Å². The minimum atomic E-state index is -0.258. The van der Waals surface area contributed by atoms with Gasteiger partial charge in [0.2, 0.25) is 0 Å². The fraction of sp³-hybridized carbons (Fsp3) is 0.125. The van der Waals surface area contributed by atoms with Crippen molar-refractivity contribution in [1.29, 1.82) is 0 Å². The normalized spacial score (nSPS) is 10.4. The zero-order chi connectivity index (χ0) is 15.8. The average Bonchev–Trinajstić information content (AvgIpc) is 2.55. The van der Waals surface area contributed by atoms with E-state index in [-0.39, 0.29) is 18.2 Å². The van der Waals surface area contributed by atoms with Crippen molar-refractivity contribution in [2.24, 2.45) is 5.10 Å². The molecule has 0 saturated carbocycles.